The van der Waals surface area contributed by atoms with Gasteiger partial charge in [0.05, 0.1) is 12.1 Å². The van der Waals surface area contributed by atoms with E-state index in [1.807, 2.05) is 4.90 Å². The predicted molar refractivity (Wildman–Crippen MR) is 111 cm³/mol. The van der Waals surface area contributed by atoms with Crippen LogP contribution in [0.1, 0.15) is 39.0 Å². The summed E-state index contributed by atoms with van der Waals surface area (Å²) in [7, 11) is 0. The van der Waals surface area contributed by atoms with Crippen LogP contribution in [-0.4, -0.2) is 85.4 Å². The Labute approximate surface area is 173 Å². The zero-order valence-corrected chi connectivity index (χ0v) is 17.5. The average Bonchev–Trinajstić information content (AvgIpc) is 3.55. The van der Waals surface area contributed by atoms with E-state index in [1.165, 1.54) is 19.3 Å². The van der Waals surface area contributed by atoms with Gasteiger partial charge in [0.1, 0.15) is 6.29 Å². The largest absolute Gasteiger partial charge is 0.369 e. The minimum atomic E-state index is -0.284. The second kappa shape index (κ2) is 9.26. The summed E-state index contributed by atoms with van der Waals surface area (Å²) >= 11 is 0. The molecule has 5 atom stereocenters. The lowest BCUT2D eigenvalue weighted by Gasteiger charge is -2.44. The maximum Gasteiger partial charge on any atom is 0.224 e. The van der Waals surface area contributed by atoms with E-state index in [9.17, 15) is 9.59 Å². The Morgan fingerprint density at radius 2 is 1.83 bits per heavy atom. The highest BCUT2D eigenvalue weighted by Gasteiger charge is 2.39. The standard InChI is InChI=1S/C20H37N7O2/c1-13(28)26-7-2-8-27(10-9-26)20-23-12-16(18(21)29)19(25-20)24-15-5-6-17(22-11-15)14-3-4-14/h14-17,19-20,22-25H,2-12H2,1H3,(H2,21,29). The third kappa shape index (κ3) is 5.27. The lowest BCUT2D eigenvalue weighted by atomic mass is 9.95. The van der Waals surface area contributed by atoms with Gasteiger partial charge in [-0.3, -0.25) is 30.4 Å². The molecule has 0 bridgehead atoms. The Kier molecular flexibility index (Phi) is 6.70. The molecule has 1 saturated carbocycles. The van der Waals surface area contributed by atoms with Crippen molar-refractivity contribution in [1.29, 1.82) is 0 Å². The predicted octanol–water partition coefficient (Wildman–Crippen LogP) is -1.44. The first-order valence-electron chi connectivity index (χ1n) is 11.3. The highest BCUT2D eigenvalue weighted by atomic mass is 16.2. The van der Waals surface area contributed by atoms with E-state index >= 15 is 0 Å². The van der Waals surface area contributed by atoms with Crippen LogP contribution >= 0.6 is 0 Å². The van der Waals surface area contributed by atoms with Gasteiger partial charge >= 0.3 is 0 Å². The van der Waals surface area contributed by atoms with Crippen molar-refractivity contribution in [1.82, 2.24) is 31.1 Å². The molecule has 29 heavy (non-hydrogen) atoms. The van der Waals surface area contributed by atoms with Crippen LogP contribution in [0.4, 0.5) is 0 Å². The molecule has 0 aromatic carbocycles. The van der Waals surface area contributed by atoms with Crippen molar-refractivity contribution in [2.24, 2.45) is 17.6 Å². The molecule has 4 rings (SSSR count). The summed E-state index contributed by atoms with van der Waals surface area (Å²) < 4.78 is 0. The van der Waals surface area contributed by atoms with Crippen LogP contribution in [0, 0.1) is 11.8 Å². The number of hydrogen-bond donors (Lipinski definition) is 5. The fourth-order valence-corrected chi connectivity index (χ4v) is 5.05. The zero-order valence-electron chi connectivity index (χ0n) is 17.5. The van der Waals surface area contributed by atoms with E-state index < -0.39 is 0 Å². The average molecular weight is 408 g/mol. The second-order valence-electron chi connectivity index (χ2n) is 9.15. The summed E-state index contributed by atoms with van der Waals surface area (Å²) in [6.07, 6.45) is 5.85. The molecule has 9 heteroatoms. The van der Waals surface area contributed by atoms with E-state index in [2.05, 4.69) is 26.2 Å². The van der Waals surface area contributed by atoms with E-state index in [0.717, 1.165) is 51.5 Å². The van der Waals surface area contributed by atoms with E-state index in [-0.39, 0.29) is 30.2 Å². The highest BCUT2D eigenvalue weighted by Crippen LogP contribution is 2.35. The number of carbonyl (C=O) groups excluding carboxylic acids is 2. The lowest BCUT2D eigenvalue weighted by Crippen LogP contribution is -2.72. The maximum atomic E-state index is 12.0. The summed E-state index contributed by atoms with van der Waals surface area (Å²) in [5.41, 5.74) is 5.70. The minimum Gasteiger partial charge on any atom is -0.369 e. The molecule has 0 aromatic rings. The van der Waals surface area contributed by atoms with Gasteiger partial charge in [-0.25, -0.2) is 0 Å². The summed E-state index contributed by atoms with van der Waals surface area (Å²) in [6.45, 7) is 6.41. The Bertz CT molecular complexity index is 591. The van der Waals surface area contributed by atoms with E-state index in [0.29, 0.717) is 18.6 Å². The minimum absolute atomic E-state index is 0.0224. The number of amides is 2. The number of primary amides is 1. The van der Waals surface area contributed by atoms with Gasteiger partial charge in [0.25, 0.3) is 0 Å². The van der Waals surface area contributed by atoms with Gasteiger partial charge in [-0.15, -0.1) is 0 Å². The SMILES string of the molecule is CC(=O)N1CCCN(C2NCC(C(N)=O)C(NC3CCC(C4CC4)NC3)N2)CC1. The molecule has 9 nitrogen and oxygen atoms in total. The Morgan fingerprint density at radius 3 is 2.48 bits per heavy atom. The van der Waals surface area contributed by atoms with Crippen LogP contribution in [-0.2, 0) is 9.59 Å². The number of nitrogens with two attached hydrogens (primary N) is 1. The first kappa shape index (κ1) is 21.0. The van der Waals surface area contributed by atoms with Crippen molar-refractivity contribution in [3.05, 3.63) is 0 Å². The second-order valence-corrected chi connectivity index (χ2v) is 9.15. The van der Waals surface area contributed by atoms with Crippen LogP contribution < -0.4 is 27.0 Å². The van der Waals surface area contributed by atoms with Crippen molar-refractivity contribution in [3.63, 3.8) is 0 Å². The van der Waals surface area contributed by atoms with Gasteiger partial charge in [-0.05, 0) is 38.0 Å². The molecule has 4 aliphatic rings. The maximum absolute atomic E-state index is 12.0. The third-order valence-electron chi connectivity index (χ3n) is 7.04. The molecule has 1 aliphatic carbocycles. The van der Waals surface area contributed by atoms with E-state index in [4.69, 9.17) is 5.73 Å². The number of carbonyl (C=O) groups is 2. The fraction of sp³-hybridized carbons (Fsp3) is 0.900. The van der Waals surface area contributed by atoms with Crippen LogP contribution in [0.5, 0.6) is 0 Å². The molecule has 3 aliphatic heterocycles. The Hall–Kier alpha value is -1.26. The van der Waals surface area contributed by atoms with Crippen LogP contribution in [0.25, 0.3) is 0 Å². The normalized spacial score (nSPS) is 37.1. The van der Waals surface area contributed by atoms with Crippen molar-refractivity contribution in [3.8, 4) is 0 Å². The molecule has 5 unspecified atom stereocenters. The number of piperidine rings is 1. The molecule has 3 saturated heterocycles. The molecule has 164 valence electrons. The lowest BCUT2D eigenvalue weighted by molar-refractivity contribution is -0.129. The fourth-order valence-electron chi connectivity index (χ4n) is 5.05. The number of nitrogens with zero attached hydrogens (tertiary/aromatic N) is 2. The number of rotatable bonds is 5. The first-order valence-corrected chi connectivity index (χ1v) is 11.3. The molecule has 2 amide bonds. The highest BCUT2D eigenvalue weighted by molar-refractivity contribution is 5.77. The van der Waals surface area contributed by atoms with Crippen LogP contribution in [0.2, 0.25) is 0 Å². The van der Waals surface area contributed by atoms with Gasteiger partial charge in [0.15, 0.2) is 0 Å². The van der Waals surface area contributed by atoms with Gasteiger partial charge in [0, 0.05) is 58.3 Å². The third-order valence-corrected chi connectivity index (χ3v) is 7.04. The first-order chi connectivity index (χ1) is 14.0. The van der Waals surface area contributed by atoms with Gasteiger partial charge in [-0.2, -0.15) is 0 Å². The molecule has 3 heterocycles. The van der Waals surface area contributed by atoms with Crippen molar-refractivity contribution >= 4 is 11.8 Å². The molecule has 0 radical (unpaired) electrons. The smallest absolute Gasteiger partial charge is 0.224 e. The van der Waals surface area contributed by atoms with Gasteiger partial charge in [0.2, 0.25) is 11.8 Å². The van der Waals surface area contributed by atoms with Crippen LogP contribution in [0.15, 0.2) is 0 Å². The molecular weight excluding hydrogens is 370 g/mol. The Morgan fingerprint density at radius 1 is 1.00 bits per heavy atom. The van der Waals surface area contributed by atoms with Crippen LogP contribution in [0.3, 0.4) is 0 Å². The summed E-state index contributed by atoms with van der Waals surface area (Å²) in [4.78, 5) is 28.0. The zero-order chi connectivity index (χ0) is 20.4. The molecular formula is C20H37N7O2. The van der Waals surface area contributed by atoms with Gasteiger partial charge < -0.3 is 16.0 Å². The summed E-state index contributed by atoms with van der Waals surface area (Å²) in [5.74, 6) is 0.458. The van der Waals surface area contributed by atoms with Crippen molar-refractivity contribution in [2.45, 2.75) is 63.6 Å². The monoisotopic (exact) mass is 407 g/mol. The number of hydrogen-bond acceptors (Lipinski definition) is 7. The molecule has 0 aromatic heterocycles. The summed E-state index contributed by atoms with van der Waals surface area (Å²) in [6, 6.07) is 1.02. The Balaban J connectivity index is 1.33. The van der Waals surface area contributed by atoms with E-state index in [1.54, 1.807) is 6.92 Å². The molecule has 6 N–H and O–H groups in total. The number of nitrogens with one attached hydrogen (secondary N) is 4. The van der Waals surface area contributed by atoms with Crippen molar-refractivity contribution < 1.29 is 9.59 Å². The molecule has 4 fully saturated rings. The molecule has 0 spiro atoms. The quantitative estimate of drug-likeness (QED) is 0.379. The summed E-state index contributed by atoms with van der Waals surface area (Å²) in [5, 5.41) is 14.4. The van der Waals surface area contributed by atoms with Crippen molar-refractivity contribution in [2.75, 3.05) is 39.3 Å². The van der Waals surface area contributed by atoms with Gasteiger partial charge in [-0.1, -0.05) is 0 Å². The topological polar surface area (TPSA) is 115 Å².